The molecule has 3 aliphatic carbocycles. The first-order valence-electron chi connectivity index (χ1n) is 7.43. The zero-order valence-corrected chi connectivity index (χ0v) is 11.7. The van der Waals surface area contributed by atoms with Gasteiger partial charge in [-0.1, -0.05) is 13.5 Å². The van der Waals surface area contributed by atoms with E-state index in [0.29, 0.717) is 11.0 Å². The van der Waals surface area contributed by atoms with Crippen LogP contribution in [0.25, 0.3) is 0 Å². The van der Waals surface area contributed by atoms with Crippen molar-refractivity contribution < 1.29 is 14.6 Å². The average Bonchev–Trinajstić information content (AvgIpc) is 2.70. The molecule has 104 valence electrons. The Hall–Kier alpha value is -0.830. The van der Waals surface area contributed by atoms with E-state index in [9.17, 15) is 9.90 Å². The number of fused-ring (bicyclic) bond motifs is 2. The molecule has 4 rings (SSSR count). The Kier molecular flexibility index (Phi) is 1.94. The maximum absolute atomic E-state index is 11.8. The summed E-state index contributed by atoms with van der Waals surface area (Å²) >= 11 is 0. The van der Waals surface area contributed by atoms with Crippen LogP contribution >= 0.6 is 0 Å². The predicted octanol–water partition coefficient (Wildman–Crippen LogP) is 2.44. The van der Waals surface area contributed by atoms with Gasteiger partial charge in [-0.05, 0) is 49.9 Å². The zero-order valence-electron chi connectivity index (χ0n) is 11.7. The van der Waals surface area contributed by atoms with Gasteiger partial charge in [0.2, 0.25) is 0 Å². The average molecular weight is 262 g/mol. The molecule has 0 radical (unpaired) electrons. The Morgan fingerprint density at radius 1 is 1.32 bits per heavy atom. The first kappa shape index (κ1) is 12.0. The molecule has 6 atom stereocenters. The third kappa shape index (κ3) is 1.21. The van der Waals surface area contributed by atoms with E-state index in [2.05, 4.69) is 13.5 Å². The lowest BCUT2D eigenvalue weighted by atomic mass is 9.75. The largest absolute Gasteiger partial charge is 0.458 e. The van der Waals surface area contributed by atoms with Crippen molar-refractivity contribution in [3.8, 4) is 0 Å². The third-order valence-corrected chi connectivity index (χ3v) is 6.81. The smallest absolute Gasteiger partial charge is 0.334 e. The normalized spacial score (nSPS) is 59.0. The van der Waals surface area contributed by atoms with E-state index in [-0.39, 0.29) is 29.3 Å². The summed E-state index contributed by atoms with van der Waals surface area (Å²) < 4.78 is 5.65. The lowest BCUT2D eigenvalue weighted by molar-refractivity contribution is -0.147. The van der Waals surface area contributed by atoms with Gasteiger partial charge in [0.15, 0.2) is 0 Å². The molecule has 1 spiro atoms. The molecule has 0 amide bonds. The minimum Gasteiger partial charge on any atom is -0.458 e. The highest BCUT2D eigenvalue weighted by Gasteiger charge is 2.77. The maximum atomic E-state index is 11.8. The van der Waals surface area contributed by atoms with Crippen LogP contribution in [0.4, 0.5) is 0 Å². The number of hydrogen-bond acceptors (Lipinski definition) is 3. The molecule has 3 heteroatoms. The second kappa shape index (κ2) is 3.08. The van der Waals surface area contributed by atoms with Crippen molar-refractivity contribution in [2.24, 2.45) is 22.7 Å². The lowest BCUT2D eigenvalue weighted by Crippen LogP contribution is -2.43. The van der Waals surface area contributed by atoms with Gasteiger partial charge in [-0.25, -0.2) is 4.79 Å². The Morgan fingerprint density at radius 3 is 2.79 bits per heavy atom. The molecule has 1 aliphatic heterocycles. The fourth-order valence-electron chi connectivity index (χ4n) is 5.66. The molecule has 3 saturated carbocycles. The summed E-state index contributed by atoms with van der Waals surface area (Å²) in [6.45, 7) is 8.21. The van der Waals surface area contributed by atoms with Crippen LogP contribution in [0, 0.1) is 22.7 Å². The first-order valence-corrected chi connectivity index (χ1v) is 7.43. The predicted molar refractivity (Wildman–Crippen MR) is 70.2 cm³/mol. The molecule has 0 aromatic rings. The van der Waals surface area contributed by atoms with Crippen LogP contribution in [0.1, 0.15) is 46.0 Å². The summed E-state index contributed by atoms with van der Waals surface area (Å²) in [6.07, 6.45) is 5.08. The second-order valence-corrected chi connectivity index (χ2v) is 7.77. The highest BCUT2D eigenvalue weighted by molar-refractivity contribution is 5.91. The fraction of sp³-hybridized carbons (Fsp3) is 0.812. The molecular formula is C16H22O3. The van der Waals surface area contributed by atoms with Gasteiger partial charge < -0.3 is 9.84 Å². The van der Waals surface area contributed by atoms with Crippen molar-refractivity contribution in [2.45, 2.75) is 57.7 Å². The molecule has 0 bridgehead atoms. The summed E-state index contributed by atoms with van der Waals surface area (Å²) in [5.74, 6) is -0.0126. The second-order valence-electron chi connectivity index (χ2n) is 7.77. The Bertz CT molecular complexity index is 494. The minimum atomic E-state index is -0.698. The van der Waals surface area contributed by atoms with Crippen molar-refractivity contribution in [1.82, 2.24) is 0 Å². The number of esters is 1. The molecule has 1 saturated heterocycles. The number of carbonyl (C=O) groups is 1. The van der Waals surface area contributed by atoms with E-state index >= 15 is 0 Å². The van der Waals surface area contributed by atoms with Gasteiger partial charge in [0.25, 0.3) is 0 Å². The third-order valence-electron chi connectivity index (χ3n) is 6.81. The molecule has 1 N–H and O–H groups in total. The van der Waals surface area contributed by atoms with E-state index in [4.69, 9.17) is 4.74 Å². The molecule has 0 aromatic carbocycles. The summed E-state index contributed by atoms with van der Waals surface area (Å²) in [7, 11) is 0. The number of carbonyl (C=O) groups excluding carboxylic acids is 1. The molecule has 4 aliphatic rings. The number of rotatable bonds is 0. The number of aliphatic hydroxyl groups is 1. The lowest BCUT2D eigenvalue weighted by Gasteiger charge is -2.35. The summed E-state index contributed by atoms with van der Waals surface area (Å²) in [5, 5.41) is 10.8. The fourth-order valence-corrected chi connectivity index (χ4v) is 5.66. The van der Waals surface area contributed by atoms with Crippen LogP contribution in [0.2, 0.25) is 0 Å². The molecule has 1 heterocycles. The number of ether oxygens (including phenoxy) is 1. The van der Waals surface area contributed by atoms with Crippen LogP contribution in [0.15, 0.2) is 12.2 Å². The highest BCUT2D eigenvalue weighted by Crippen LogP contribution is 2.80. The van der Waals surface area contributed by atoms with Gasteiger partial charge in [0, 0.05) is 17.4 Å². The Morgan fingerprint density at radius 2 is 2.05 bits per heavy atom. The van der Waals surface area contributed by atoms with E-state index < -0.39 is 5.60 Å². The van der Waals surface area contributed by atoms with Gasteiger partial charge in [0.05, 0.1) is 5.60 Å². The van der Waals surface area contributed by atoms with E-state index in [0.717, 1.165) is 25.7 Å². The topological polar surface area (TPSA) is 46.5 Å². The van der Waals surface area contributed by atoms with Crippen LogP contribution in [0.5, 0.6) is 0 Å². The summed E-state index contributed by atoms with van der Waals surface area (Å²) in [6, 6.07) is 0. The van der Waals surface area contributed by atoms with Crippen molar-refractivity contribution >= 4 is 5.97 Å². The number of hydrogen-bond donors (Lipinski definition) is 1. The Labute approximate surface area is 114 Å². The monoisotopic (exact) mass is 262 g/mol. The molecule has 3 nitrogen and oxygen atoms in total. The highest BCUT2D eigenvalue weighted by atomic mass is 16.6. The van der Waals surface area contributed by atoms with E-state index in [1.807, 2.05) is 6.92 Å². The van der Waals surface area contributed by atoms with Crippen LogP contribution in [-0.4, -0.2) is 22.8 Å². The van der Waals surface area contributed by atoms with E-state index in [1.54, 1.807) is 0 Å². The van der Waals surface area contributed by atoms with Gasteiger partial charge in [-0.15, -0.1) is 0 Å². The summed E-state index contributed by atoms with van der Waals surface area (Å²) in [4.78, 5) is 11.8. The molecule has 0 aromatic heterocycles. The van der Waals surface area contributed by atoms with Crippen molar-refractivity contribution in [3.05, 3.63) is 12.2 Å². The van der Waals surface area contributed by atoms with Crippen molar-refractivity contribution in [1.29, 1.82) is 0 Å². The maximum Gasteiger partial charge on any atom is 0.334 e. The molecule has 19 heavy (non-hydrogen) atoms. The van der Waals surface area contributed by atoms with Gasteiger partial charge in [-0.3, -0.25) is 0 Å². The SMILES string of the molecule is C=C1C(=O)O[C@@H]2[C@@H]3[C@]4(CC[C@@]3(C)O)C[C@]4(C)CC[C@@H]12. The van der Waals surface area contributed by atoms with Gasteiger partial charge >= 0.3 is 5.97 Å². The van der Waals surface area contributed by atoms with Crippen LogP contribution in [0.3, 0.4) is 0 Å². The van der Waals surface area contributed by atoms with Gasteiger partial charge in [0.1, 0.15) is 6.10 Å². The molecule has 0 unspecified atom stereocenters. The zero-order chi connectivity index (χ0) is 13.6. The Balaban J connectivity index is 1.82. The summed E-state index contributed by atoms with van der Waals surface area (Å²) in [5.41, 5.74) is 0.485. The van der Waals surface area contributed by atoms with Crippen molar-refractivity contribution in [2.75, 3.05) is 0 Å². The van der Waals surface area contributed by atoms with Crippen LogP contribution in [-0.2, 0) is 9.53 Å². The molecule has 4 fully saturated rings. The molecular weight excluding hydrogens is 240 g/mol. The minimum absolute atomic E-state index is 0.0979. The van der Waals surface area contributed by atoms with Crippen molar-refractivity contribution in [3.63, 3.8) is 0 Å². The quantitative estimate of drug-likeness (QED) is 0.539. The standard InChI is InChI=1S/C16H22O3/c1-9-10-4-5-14(2)8-16(14)7-6-15(3,18)12(16)11(10)19-13(9)17/h10-12,18H,1,4-8H2,2-3H3/t10-,11-,12-,14-,15+,16-/m0/s1. The first-order chi connectivity index (χ1) is 8.81. The van der Waals surface area contributed by atoms with Gasteiger partial charge in [-0.2, -0.15) is 0 Å². The van der Waals surface area contributed by atoms with Crippen LogP contribution < -0.4 is 0 Å². The van der Waals surface area contributed by atoms with E-state index in [1.165, 1.54) is 6.42 Å².